The number of aliphatic hydroxyl groups is 1. The van der Waals surface area contributed by atoms with E-state index in [1.165, 1.54) is 6.92 Å². The fraction of sp³-hybridized carbons (Fsp3) is 0.667. The molecule has 0 aromatic carbocycles. The van der Waals surface area contributed by atoms with Crippen molar-refractivity contribution in [2.45, 2.75) is 31.7 Å². The average molecular weight is 268 g/mol. The van der Waals surface area contributed by atoms with E-state index in [2.05, 4.69) is 20.1 Å². The van der Waals surface area contributed by atoms with E-state index in [1.54, 1.807) is 0 Å². The van der Waals surface area contributed by atoms with Gasteiger partial charge in [-0.05, 0) is 12.5 Å². The second kappa shape index (κ2) is 5.22. The zero-order chi connectivity index (χ0) is 14.0. The van der Waals surface area contributed by atoms with Gasteiger partial charge in [-0.1, -0.05) is 5.11 Å². The fourth-order valence-corrected chi connectivity index (χ4v) is 1.91. The molecule has 2 heterocycles. The van der Waals surface area contributed by atoms with Gasteiger partial charge < -0.3 is 9.84 Å². The molecule has 0 saturated carbocycles. The van der Waals surface area contributed by atoms with Crippen molar-refractivity contribution >= 4 is 0 Å². The van der Waals surface area contributed by atoms with Gasteiger partial charge in [0.15, 0.2) is 6.23 Å². The van der Waals surface area contributed by atoms with E-state index >= 15 is 0 Å². The van der Waals surface area contributed by atoms with Gasteiger partial charge in [-0.25, -0.2) is 4.79 Å². The molecule has 0 unspecified atom stereocenters. The van der Waals surface area contributed by atoms with Crippen molar-refractivity contribution in [3.8, 4) is 0 Å². The first-order chi connectivity index (χ1) is 9.06. The maximum atomic E-state index is 11.6. The first-order valence-corrected chi connectivity index (χ1v) is 5.57. The van der Waals surface area contributed by atoms with Gasteiger partial charge in [-0.15, -0.1) is 0 Å². The van der Waals surface area contributed by atoms with E-state index in [1.807, 2.05) is 0 Å². The molecule has 1 aromatic heterocycles. The number of nitrogens with one attached hydrogen (secondary N) is 1. The van der Waals surface area contributed by atoms with Gasteiger partial charge in [0.2, 0.25) is 0 Å². The molecule has 3 atom stereocenters. The van der Waals surface area contributed by atoms with Crippen LogP contribution in [0.4, 0.5) is 0 Å². The third kappa shape index (κ3) is 2.50. The normalized spacial score (nSPS) is 26.1. The highest BCUT2D eigenvalue weighted by atomic mass is 16.5. The summed E-state index contributed by atoms with van der Waals surface area (Å²) in [5.41, 5.74) is 7.27. The standard InChI is InChI=1S/C9H12N6O4/c1-4-8(17)11-9(18)15(13-4)7-2-5(12-14-10)6(3-16)19-7/h5-7,16H,2-3H2,1H3,(H,11,17,18)/t5-,6+,7+/m0/s1. The Kier molecular flexibility index (Phi) is 3.65. The maximum absolute atomic E-state index is 11.6. The molecular formula is C9H12N6O4. The molecule has 1 saturated heterocycles. The van der Waals surface area contributed by atoms with Crippen molar-refractivity contribution in [2.75, 3.05) is 6.61 Å². The van der Waals surface area contributed by atoms with Crippen LogP contribution in [0.1, 0.15) is 18.3 Å². The van der Waals surface area contributed by atoms with Crippen LogP contribution in [0, 0.1) is 6.92 Å². The van der Waals surface area contributed by atoms with Crippen LogP contribution in [0.3, 0.4) is 0 Å². The van der Waals surface area contributed by atoms with Crippen LogP contribution in [-0.4, -0.2) is 38.6 Å². The molecule has 1 aliphatic heterocycles. The molecule has 10 heteroatoms. The van der Waals surface area contributed by atoms with E-state index in [4.69, 9.17) is 15.4 Å². The number of aryl methyl sites for hydroxylation is 1. The monoisotopic (exact) mass is 268 g/mol. The van der Waals surface area contributed by atoms with Crippen LogP contribution < -0.4 is 11.2 Å². The van der Waals surface area contributed by atoms with Crippen LogP contribution in [-0.2, 0) is 4.74 Å². The van der Waals surface area contributed by atoms with Gasteiger partial charge in [0.1, 0.15) is 5.69 Å². The highest BCUT2D eigenvalue weighted by Crippen LogP contribution is 2.29. The Balaban J connectivity index is 2.34. The molecule has 1 fully saturated rings. The molecule has 0 radical (unpaired) electrons. The van der Waals surface area contributed by atoms with Crippen LogP contribution in [0.15, 0.2) is 14.7 Å². The second-order valence-electron chi connectivity index (χ2n) is 4.11. The first kappa shape index (κ1) is 13.3. The van der Waals surface area contributed by atoms with Crippen molar-refractivity contribution in [3.63, 3.8) is 0 Å². The number of nitrogens with zero attached hydrogens (tertiary/aromatic N) is 5. The summed E-state index contributed by atoms with van der Waals surface area (Å²) >= 11 is 0. The minimum Gasteiger partial charge on any atom is -0.394 e. The summed E-state index contributed by atoms with van der Waals surface area (Å²) in [4.78, 5) is 27.6. The van der Waals surface area contributed by atoms with E-state index in [0.717, 1.165) is 4.68 Å². The summed E-state index contributed by atoms with van der Waals surface area (Å²) in [6, 6.07) is -0.582. The number of hydrogen-bond acceptors (Lipinski definition) is 6. The maximum Gasteiger partial charge on any atom is 0.347 e. The summed E-state index contributed by atoms with van der Waals surface area (Å²) < 4.78 is 6.38. The Morgan fingerprint density at radius 2 is 2.42 bits per heavy atom. The molecule has 1 aliphatic rings. The Morgan fingerprint density at radius 3 is 3.05 bits per heavy atom. The zero-order valence-corrected chi connectivity index (χ0v) is 10.1. The number of aromatic nitrogens is 3. The van der Waals surface area contributed by atoms with Gasteiger partial charge in [0, 0.05) is 11.3 Å². The number of rotatable bonds is 3. The van der Waals surface area contributed by atoms with E-state index in [9.17, 15) is 9.59 Å². The molecule has 2 N–H and O–H groups in total. The Morgan fingerprint density at radius 1 is 1.68 bits per heavy atom. The minimum absolute atomic E-state index is 0.121. The van der Waals surface area contributed by atoms with Crippen molar-refractivity contribution in [1.82, 2.24) is 14.8 Å². The van der Waals surface area contributed by atoms with Crippen molar-refractivity contribution in [2.24, 2.45) is 5.11 Å². The van der Waals surface area contributed by atoms with E-state index in [-0.39, 0.29) is 18.7 Å². The van der Waals surface area contributed by atoms with Gasteiger partial charge in [-0.2, -0.15) is 9.78 Å². The minimum atomic E-state index is -0.782. The predicted molar refractivity (Wildman–Crippen MR) is 62.4 cm³/mol. The highest BCUT2D eigenvalue weighted by molar-refractivity contribution is 4.91. The molecule has 0 amide bonds. The lowest BCUT2D eigenvalue weighted by atomic mass is 10.1. The molecule has 0 spiro atoms. The summed E-state index contributed by atoms with van der Waals surface area (Å²) in [7, 11) is 0. The third-order valence-corrected chi connectivity index (χ3v) is 2.87. The quantitative estimate of drug-likeness (QED) is 0.418. The lowest BCUT2D eigenvalue weighted by Gasteiger charge is -2.13. The SMILES string of the molecule is Cc1nn([C@H]2C[C@H](N=[N+]=[N-])[C@@H](CO)O2)c(=O)[nH]c1=O. The van der Waals surface area contributed by atoms with Crippen molar-refractivity contribution in [1.29, 1.82) is 0 Å². The third-order valence-electron chi connectivity index (χ3n) is 2.87. The molecule has 0 bridgehead atoms. The Labute approximate surface area is 106 Å². The van der Waals surface area contributed by atoms with E-state index in [0.29, 0.717) is 0 Å². The first-order valence-electron chi connectivity index (χ1n) is 5.57. The number of H-pyrrole nitrogens is 1. The van der Waals surface area contributed by atoms with Crippen molar-refractivity contribution in [3.05, 3.63) is 37.0 Å². The van der Waals surface area contributed by atoms with Crippen LogP contribution in [0.5, 0.6) is 0 Å². The predicted octanol–water partition coefficient (Wildman–Crippen LogP) is -0.801. The highest BCUT2D eigenvalue weighted by Gasteiger charge is 2.36. The van der Waals surface area contributed by atoms with Crippen LogP contribution >= 0.6 is 0 Å². The summed E-state index contributed by atoms with van der Waals surface area (Å²) in [6.45, 7) is 1.12. The zero-order valence-electron chi connectivity index (χ0n) is 10.1. The van der Waals surface area contributed by atoms with Gasteiger partial charge in [0.05, 0.1) is 18.8 Å². The Hall–Kier alpha value is -2.16. The number of aliphatic hydroxyl groups excluding tert-OH is 1. The van der Waals surface area contributed by atoms with Gasteiger partial charge in [0.25, 0.3) is 5.56 Å². The van der Waals surface area contributed by atoms with Gasteiger partial charge >= 0.3 is 5.69 Å². The van der Waals surface area contributed by atoms with Crippen LogP contribution in [0.25, 0.3) is 10.4 Å². The summed E-state index contributed by atoms with van der Waals surface area (Å²) in [5.74, 6) is 0. The number of aromatic amines is 1. The largest absolute Gasteiger partial charge is 0.394 e. The molecule has 2 rings (SSSR count). The number of hydrogen-bond donors (Lipinski definition) is 2. The average Bonchev–Trinajstić information content (AvgIpc) is 2.77. The molecule has 102 valence electrons. The summed E-state index contributed by atoms with van der Waals surface area (Å²) in [6.07, 6.45) is -1.27. The lowest BCUT2D eigenvalue weighted by Crippen LogP contribution is -2.36. The molecule has 10 nitrogen and oxygen atoms in total. The number of ether oxygens (including phenoxy) is 1. The molecule has 1 aromatic rings. The van der Waals surface area contributed by atoms with Crippen molar-refractivity contribution < 1.29 is 9.84 Å². The molecule has 19 heavy (non-hydrogen) atoms. The fourth-order valence-electron chi connectivity index (χ4n) is 1.91. The lowest BCUT2D eigenvalue weighted by molar-refractivity contribution is -0.0338. The second-order valence-corrected chi connectivity index (χ2v) is 4.11. The molecule has 0 aliphatic carbocycles. The van der Waals surface area contributed by atoms with E-state index < -0.39 is 29.6 Å². The Bertz CT molecular complexity index is 630. The topological polar surface area (TPSA) is 146 Å². The smallest absolute Gasteiger partial charge is 0.347 e. The molecular weight excluding hydrogens is 256 g/mol. The van der Waals surface area contributed by atoms with Crippen LogP contribution in [0.2, 0.25) is 0 Å². The number of azide groups is 1. The summed E-state index contributed by atoms with van der Waals surface area (Å²) in [5, 5.41) is 16.5. The van der Waals surface area contributed by atoms with Gasteiger partial charge in [-0.3, -0.25) is 9.78 Å².